The van der Waals surface area contributed by atoms with Crippen molar-refractivity contribution in [2.45, 2.75) is 11.7 Å². The molecule has 4 atom stereocenters. The zero-order valence-electron chi connectivity index (χ0n) is 17.8. The van der Waals surface area contributed by atoms with Crippen molar-refractivity contribution in [1.29, 1.82) is 0 Å². The van der Waals surface area contributed by atoms with E-state index in [1.165, 1.54) is 0 Å². The van der Waals surface area contributed by atoms with Gasteiger partial charge in [-0.05, 0) is 41.0 Å². The van der Waals surface area contributed by atoms with Gasteiger partial charge in [0.05, 0.1) is 54.9 Å². The van der Waals surface area contributed by atoms with Crippen LogP contribution in [0.5, 0.6) is 28.7 Å². The Bertz CT molecular complexity index is 963. The third-order valence-electron chi connectivity index (χ3n) is 6.74. The fourth-order valence-corrected chi connectivity index (χ4v) is 5.42. The molecule has 160 valence electrons. The van der Waals surface area contributed by atoms with Gasteiger partial charge < -0.3 is 33.2 Å². The van der Waals surface area contributed by atoms with Crippen LogP contribution in [-0.4, -0.2) is 48.8 Å². The van der Waals surface area contributed by atoms with E-state index in [-0.39, 0.29) is 17.9 Å². The van der Waals surface area contributed by atoms with Gasteiger partial charge >= 0.3 is 0 Å². The van der Waals surface area contributed by atoms with E-state index < -0.39 is 5.60 Å². The van der Waals surface area contributed by atoms with Gasteiger partial charge in [0.2, 0.25) is 5.75 Å². The zero-order valence-corrected chi connectivity index (χ0v) is 17.8. The molecule has 0 radical (unpaired) electrons. The molecule has 0 saturated carbocycles. The van der Waals surface area contributed by atoms with Crippen molar-refractivity contribution in [3.8, 4) is 28.7 Å². The highest BCUT2D eigenvalue weighted by molar-refractivity contribution is 5.61. The second kappa shape index (κ2) is 6.96. The molecule has 2 saturated heterocycles. The molecule has 7 nitrogen and oxygen atoms in total. The van der Waals surface area contributed by atoms with Crippen LogP contribution in [0.4, 0.5) is 0 Å². The molecule has 2 aliphatic heterocycles. The Hall–Kier alpha value is -2.64. The molecule has 4 unspecified atom stereocenters. The van der Waals surface area contributed by atoms with Crippen LogP contribution in [0.2, 0.25) is 0 Å². The number of fused-ring (bicyclic) bond motifs is 3. The summed E-state index contributed by atoms with van der Waals surface area (Å²) in [5.41, 5.74) is 2.37. The lowest BCUT2D eigenvalue weighted by Crippen LogP contribution is -2.39. The molecule has 7 heteroatoms. The van der Waals surface area contributed by atoms with Gasteiger partial charge in [-0.25, -0.2) is 0 Å². The molecule has 4 bridgehead atoms. The maximum Gasteiger partial charge on any atom is 0.203 e. The monoisotopic (exact) mass is 414 g/mol. The van der Waals surface area contributed by atoms with Gasteiger partial charge in [0.1, 0.15) is 5.60 Å². The number of hydrogen-bond acceptors (Lipinski definition) is 7. The summed E-state index contributed by atoms with van der Waals surface area (Å²) in [6.45, 7) is 1.23. The smallest absolute Gasteiger partial charge is 0.203 e. The first kappa shape index (κ1) is 19.3. The molecule has 2 fully saturated rings. The molecular formula is C23H26O7. The first-order chi connectivity index (χ1) is 14.6. The standard InChI is InChI=1S/C23H26O7/c1-24-17-8-13-15(9-18(17)25-2)23(16-11-29-21(13)14(16)10-30-23)12-6-19(26-3)22(28-5)20(7-12)27-4/h6-9,14,16,21H,10-11H2,1-5H3. The van der Waals surface area contributed by atoms with Crippen LogP contribution < -0.4 is 23.7 Å². The van der Waals surface area contributed by atoms with Crippen LogP contribution in [0, 0.1) is 11.8 Å². The number of benzene rings is 2. The van der Waals surface area contributed by atoms with Gasteiger partial charge in [-0.1, -0.05) is 0 Å². The summed E-state index contributed by atoms with van der Waals surface area (Å²) in [5.74, 6) is 3.54. The summed E-state index contributed by atoms with van der Waals surface area (Å²) in [6.07, 6.45) is -0.0116. The predicted molar refractivity (Wildman–Crippen MR) is 108 cm³/mol. The summed E-state index contributed by atoms with van der Waals surface area (Å²) in [5, 5.41) is 0. The van der Waals surface area contributed by atoms with Crippen LogP contribution in [0.3, 0.4) is 0 Å². The molecule has 0 spiro atoms. The molecule has 0 N–H and O–H groups in total. The minimum atomic E-state index is -0.695. The van der Waals surface area contributed by atoms with E-state index in [2.05, 4.69) is 0 Å². The van der Waals surface area contributed by atoms with Crippen molar-refractivity contribution in [2.24, 2.45) is 11.8 Å². The Balaban J connectivity index is 1.79. The van der Waals surface area contributed by atoms with Crippen molar-refractivity contribution in [3.05, 3.63) is 41.0 Å². The van der Waals surface area contributed by atoms with Gasteiger partial charge in [0, 0.05) is 11.8 Å². The summed E-state index contributed by atoms with van der Waals surface area (Å²) in [4.78, 5) is 0. The molecule has 2 aromatic rings. The minimum absolute atomic E-state index is 0.0116. The summed E-state index contributed by atoms with van der Waals surface area (Å²) in [7, 11) is 8.12. The predicted octanol–water partition coefficient (Wildman–Crippen LogP) is 3.32. The van der Waals surface area contributed by atoms with Gasteiger partial charge in [0.25, 0.3) is 0 Å². The Morgan fingerprint density at radius 1 is 0.767 bits per heavy atom. The Labute approximate surface area is 175 Å². The van der Waals surface area contributed by atoms with E-state index in [0.717, 1.165) is 16.7 Å². The fourth-order valence-electron chi connectivity index (χ4n) is 5.42. The van der Waals surface area contributed by atoms with Crippen molar-refractivity contribution in [1.82, 2.24) is 0 Å². The van der Waals surface area contributed by atoms with E-state index in [1.54, 1.807) is 35.5 Å². The van der Waals surface area contributed by atoms with Gasteiger partial charge in [-0.15, -0.1) is 0 Å². The maximum atomic E-state index is 6.63. The Morgan fingerprint density at radius 2 is 1.40 bits per heavy atom. The summed E-state index contributed by atoms with van der Waals surface area (Å²) in [6, 6.07) is 7.99. The third-order valence-corrected chi connectivity index (χ3v) is 6.74. The first-order valence-corrected chi connectivity index (χ1v) is 9.95. The zero-order chi connectivity index (χ0) is 21.0. The van der Waals surface area contributed by atoms with Crippen LogP contribution in [-0.2, 0) is 15.1 Å². The van der Waals surface area contributed by atoms with Crippen LogP contribution in [0.15, 0.2) is 24.3 Å². The minimum Gasteiger partial charge on any atom is -0.493 e. The molecule has 3 aliphatic rings. The molecule has 0 aromatic heterocycles. The maximum absolute atomic E-state index is 6.63. The van der Waals surface area contributed by atoms with Gasteiger partial charge in [0.15, 0.2) is 23.0 Å². The van der Waals surface area contributed by atoms with Gasteiger partial charge in [-0.2, -0.15) is 0 Å². The van der Waals surface area contributed by atoms with Crippen molar-refractivity contribution in [3.63, 3.8) is 0 Å². The van der Waals surface area contributed by atoms with E-state index >= 15 is 0 Å². The molecular weight excluding hydrogens is 388 g/mol. The topological polar surface area (TPSA) is 64.6 Å². The SMILES string of the molecule is COc1cc2c(cc1OC)C1(c3cc(OC)c(OC)c(OC)c3)OCC3C2OCC31. The molecule has 30 heavy (non-hydrogen) atoms. The highest BCUT2D eigenvalue weighted by Gasteiger charge is 2.63. The average molecular weight is 414 g/mol. The van der Waals surface area contributed by atoms with Crippen molar-refractivity contribution >= 4 is 0 Å². The van der Waals surface area contributed by atoms with Crippen LogP contribution in [0.1, 0.15) is 22.8 Å². The lowest BCUT2D eigenvalue weighted by molar-refractivity contribution is -0.0131. The molecule has 2 heterocycles. The summed E-state index contributed by atoms with van der Waals surface area (Å²) < 4.78 is 40.8. The lowest BCUT2D eigenvalue weighted by atomic mass is 9.66. The number of methoxy groups -OCH3 is 5. The molecule has 1 aliphatic carbocycles. The number of ether oxygens (including phenoxy) is 7. The second-order valence-electron chi connectivity index (χ2n) is 7.78. The van der Waals surface area contributed by atoms with E-state index in [9.17, 15) is 0 Å². The number of hydrogen-bond donors (Lipinski definition) is 0. The fraction of sp³-hybridized carbons (Fsp3) is 0.478. The highest BCUT2D eigenvalue weighted by atomic mass is 16.5. The quantitative estimate of drug-likeness (QED) is 0.718. The van der Waals surface area contributed by atoms with Crippen molar-refractivity contribution in [2.75, 3.05) is 48.8 Å². The van der Waals surface area contributed by atoms with Gasteiger partial charge in [-0.3, -0.25) is 0 Å². The largest absolute Gasteiger partial charge is 0.493 e. The Morgan fingerprint density at radius 3 is 2.00 bits per heavy atom. The molecule has 0 amide bonds. The second-order valence-corrected chi connectivity index (χ2v) is 7.78. The molecule has 5 rings (SSSR count). The number of rotatable bonds is 6. The highest BCUT2D eigenvalue weighted by Crippen LogP contribution is 2.64. The average Bonchev–Trinajstić information content (AvgIpc) is 3.30. The van der Waals surface area contributed by atoms with Crippen molar-refractivity contribution < 1.29 is 33.2 Å². The van der Waals surface area contributed by atoms with Crippen LogP contribution >= 0.6 is 0 Å². The third kappa shape index (κ3) is 2.33. The summed E-state index contributed by atoms with van der Waals surface area (Å²) >= 11 is 0. The lowest BCUT2D eigenvalue weighted by Gasteiger charge is -2.39. The van der Waals surface area contributed by atoms with E-state index in [0.29, 0.717) is 42.0 Å². The Kier molecular flexibility index (Phi) is 4.48. The normalized spacial score (nSPS) is 28.1. The van der Waals surface area contributed by atoms with Crippen LogP contribution in [0.25, 0.3) is 0 Å². The molecule has 2 aromatic carbocycles. The van der Waals surface area contributed by atoms with E-state index in [4.69, 9.17) is 33.2 Å². The van der Waals surface area contributed by atoms with E-state index in [1.807, 2.05) is 24.3 Å². The first-order valence-electron chi connectivity index (χ1n) is 9.95.